The first-order chi connectivity index (χ1) is 12.5. The lowest BCUT2D eigenvalue weighted by molar-refractivity contribution is -0.0177. The summed E-state index contributed by atoms with van der Waals surface area (Å²) in [5.41, 5.74) is 3.97. The van der Waals surface area contributed by atoms with Crippen LogP contribution < -0.4 is 4.74 Å². The first-order valence-electron chi connectivity index (χ1n) is 9.16. The van der Waals surface area contributed by atoms with Crippen LogP contribution in [0.1, 0.15) is 58.9 Å². The number of benzene rings is 2. The van der Waals surface area contributed by atoms with Crippen LogP contribution in [0.15, 0.2) is 36.4 Å². The third-order valence-electron chi connectivity index (χ3n) is 5.41. The standard InChI is InChI=1S/C22H22O4/c1-3-25-21(24)16-7-5-15(6-8-16)17-12-20-18(11-14(17)2)19(23)13-22(26-20)9-4-10-22/h5-8,11-12H,3-4,9-10,13H2,1-2H3. The van der Waals surface area contributed by atoms with Crippen molar-refractivity contribution >= 4 is 11.8 Å². The van der Waals surface area contributed by atoms with Crippen molar-refractivity contribution < 1.29 is 19.1 Å². The highest BCUT2D eigenvalue weighted by Gasteiger charge is 2.45. The minimum absolute atomic E-state index is 0.179. The van der Waals surface area contributed by atoms with Crippen LogP contribution in [-0.4, -0.2) is 24.0 Å². The van der Waals surface area contributed by atoms with E-state index in [9.17, 15) is 9.59 Å². The normalized spacial score (nSPS) is 17.2. The third-order valence-corrected chi connectivity index (χ3v) is 5.41. The van der Waals surface area contributed by atoms with E-state index >= 15 is 0 Å². The summed E-state index contributed by atoms with van der Waals surface area (Å²) < 4.78 is 11.3. The van der Waals surface area contributed by atoms with Crippen LogP contribution in [0.5, 0.6) is 5.75 Å². The minimum atomic E-state index is -0.318. The van der Waals surface area contributed by atoms with E-state index in [1.54, 1.807) is 19.1 Å². The number of rotatable bonds is 3. The number of hydrogen-bond acceptors (Lipinski definition) is 4. The molecule has 1 aliphatic heterocycles. The van der Waals surface area contributed by atoms with Crippen LogP contribution in [0.4, 0.5) is 0 Å². The van der Waals surface area contributed by atoms with Gasteiger partial charge < -0.3 is 9.47 Å². The number of fused-ring (bicyclic) bond motifs is 1. The molecule has 1 spiro atoms. The Balaban J connectivity index is 1.68. The molecule has 134 valence electrons. The summed E-state index contributed by atoms with van der Waals surface area (Å²) in [5, 5.41) is 0. The fourth-order valence-electron chi connectivity index (χ4n) is 3.81. The number of ether oxygens (including phenoxy) is 2. The van der Waals surface area contributed by atoms with Gasteiger partial charge in [-0.1, -0.05) is 12.1 Å². The fourth-order valence-corrected chi connectivity index (χ4v) is 3.81. The van der Waals surface area contributed by atoms with Gasteiger partial charge in [-0.25, -0.2) is 4.79 Å². The van der Waals surface area contributed by atoms with E-state index in [4.69, 9.17) is 9.47 Å². The van der Waals surface area contributed by atoms with Crippen molar-refractivity contribution in [3.05, 3.63) is 53.1 Å². The minimum Gasteiger partial charge on any atom is -0.486 e. The molecule has 26 heavy (non-hydrogen) atoms. The average Bonchev–Trinajstić information content (AvgIpc) is 2.61. The van der Waals surface area contributed by atoms with Gasteiger partial charge in [0.15, 0.2) is 5.78 Å². The van der Waals surface area contributed by atoms with Gasteiger partial charge in [0.2, 0.25) is 0 Å². The van der Waals surface area contributed by atoms with E-state index in [2.05, 4.69) is 0 Å². The van der Waals surface area contributed by atoms with Gasteiger partial charge in [-0.3, -0.25) is 4.79 Å². The molecular formula is C22H22O4. The zero-order valence-corrected chi connectivity index (χ0v) is 15.1. The molecule has 4 rings (SSSR count). The maximum Gasteiger partial charge on any atom is 0.338 e. The van der Waals surface area contributed by atoms with Crippen molar-refractivity contribution in [2.24, 2.45) is 0 Å². The van der Waals surface area contributed by atoms with Gasteiger partial charge in [0.25, 0.3) is 0 Å². The van der Waals surface area contributed by atoms with Crippen LogP contribution in [0.25, 0.3) is 11.1 Å². The van der Waals surface area contributed by atoms with E-state index in [1.165, 1.54) is 0 Å². The Morgan fingerprint density at radius 3 is 2.50 bits per heavy atom. The first-order valence-corrected chi connectivity index (χ1v) is 9.16. The van der Waals surface area contributed by atoms with Gasteiger partial charge in [0.05, 0.1) is 24.2 Å². The van der Waals surface area contributed by atoms with Crippen molar-refractivity contribution in [1.29, 1.82) is 0 Å². The number of carbonyl (C=O) groups is 2. The SMILES string of the molecule is CCOC(=O)c1ccc(-c2cc3c(cc2C)C(=O)CC2(CCC2)O3)cc1. The van der Waals surface area contributed by atoms with Gasteiger partial charge in [-0.15, -0.1) is 0 Å². The molecule has 4 heteroatoms. The van der Waals surface area contributed by atoms with Crippen LogP contribution in [-0.2, 0) is 4.74 Å². The molecule has 0 bridgehead atoms. The van der Waals surface area contributed by atoms with Crippen molar-refractivity contribution in [3.8, 4) is 16.9 Å². The zero-order chi connectivity index (χ0) is 18.3. The number of aryl methyl sites for hydroxylation is 1. The van der Waals surface area contributed by atoms with Crippen molar-refractivity contribution in [2.45, 2.75) is 45.1 Å². The largest absolute Gasteiger partial charge is 0.486 e. The van der Waals surface area contributed by atoms with Crippen LogP contribution in [0.3, 0.4) is 0 Å². The molecule has 2 aliphatic rings. The maximum atomic E-state index is 12.5. The van der Waals surface area contributed by atoms with Gasteiger partial charge in [0, 0.05) is 0 Å². The Hall–Kier alpha value is -2.62. The van der Waals surface area contributed by atoms with Crippen LogP contribution in [0.2, 0.25) is 0 Å². The lowest BCUT2D eigenvalue weighted by Crippen LogP contribution is -2.47. The molecule has 1 heterocycles. The zero-order valence-electron chi connectivity index (χ0n) is 15.1. The van der Waals surface area contributed by atoms with Crippen molar-refractivity contribution in [1.82, 2.24) is 0 Å². The molecule has 2 aromatic carbocycles. The summed E-state index contributed by atoms with van der Waals surface area (Å²) >= 11 is 0. The summed E-state index contributed by atoms with van der Waals surface area (Å²) in [6.45, 7) is 4.15. The topological polar surface area (TPSA) is 52.6 Å². The van der Waals surface area contributed by atoms with E-state index in [-0.39, 0.29) is 17.4 Å². The second-order valence-electron chi connectivity index (χ2n) is 7.20. The average molecular weight is 350 g/mol. The van der Waals surface area contributed by atoms with Crippen molar-refractivity contribution in [2.75, 3.05) is 6.61 Å². The van der Waals surface area contributed by atoms with Gasteiger partial charge in [-0.05, 0) is 74.1 Å². The number of carbonyl (C=O) groups excluding carboxylic acids is 2. The second kappa shape index (κ2) is 6.27. The smallest absolute Gasteiger partial charge is 0.338 e. The predicted molar refractivity (Wildman–Crippen MR) is 98.7 cm³/mol. The highest BCUT2D eigenvalue weighted by molar-refractivity contribution is 6.01. The Bertz CT molecular complexity index is 876. The lowest BCUT2D eigenvalue weighted by atomic mass is 9.74. The van der Waals surface area contributed by atoms with E-state index < -0.39 is 0 Å². The van der Waals surface area contributed by atoms with Crippen LogP contribution in [0, 0.1) is 6.92 Å². The van der Waals surface area contributed by atoms with Gasteiger partial charge >= 0.3 is 5.97 Å². The van der Waals surface area contributed by atoms with E-state index in [0.717, 1.165) is 36.0 Å². The molecule has 4 nitrogen and oxygen atoms in total. The Morgan fingerprint density at radius 1 is 1.15 bits per heavy atom. The molecule has 0 N–H and O–H groups in total. The quantitative estimate of drug-likeness (QED) is 0.751. The van der Waals surface area contributed by atoms with Gasteiger partial charge in [-0.2, -0.15) is 0 Å². The van der Waals surface area contributed by atoms with Gasteiger partial charge in [0.1, 0.15) is 11.4 Å². The molecule has 0 aromatic heterocycles. The number of ketones is 1. The molecule has 1 saturated carbocycles. The highest BCUT2D eigenvalue weighted by Crippen LogP contribution is 2.46. The van der Waals surface area contributed by atoms with Crippen LogP contribution >= 0.6 is 0 Å². The van der Waals surface area contributed by atoms with E-state index in [0.29, 0.717) is 29.9 Å². The highest BCUT2D eigenvalue weighted by atomic mass is 16.5. The molecule has 2 aromatic rings. The maximum absolute atomic E-state index is 12.5. The van der Waals surface area contributed by atoms with Crippen molar-refractivity contribution in [3.63, 3.8) is 0 Å². The molecular weight excluding hydrogens is 328 g/mol. The third kappa shape index (κ3) is 2.79. The summed E-state index contributed by atoms with van der Waals surface area (Å²) in [6, 6.07) is 11.3. The molecule has 0 radical (unpaired) electrons. The summed E-state index contributed by atoms with van der Waals surface area (Å²) in [4.78, 5) is 24.4. The molecule has 1 aliphatic carbocycles. The Labute approximate surface area is 153 Å². The fraction of sp³-hybridized carbons (Fsp3) is 0.364. The number of Topliss-reactive ketones (excluding diaryl/α,β-unsaturated/α-hetero) is 1. The summed E-state index contributed by atoms with van der Waals surface area (Å²) in [6.07, 6.45) is 3.52. The first kappa shape index (κ1) is 16.8. The molecule has 1 fully saturated rings. The number of esters is 1. The molecule has 0 atom stereocenters. The lowest BCUT2D eigenvalue weighted by Gasteiger charge is -2.44. The Morgan fingerprint density at radius 2 is 1.88 bits per heavy atom. The molecule has 0 unspecified atom stereocenters. The predicted octanol–water partition coefficient (Wildman–Crippen LogP) is 4.73. The molecule has 0 saturated heterocycles. The molecule has 0 amide bonds. The monoisotopic (exact) mass is 350 g/mol. The number of hydrogen-bond donors (Lipinski definition) is 0. The summed E-state index contributed by atoms with van der Waals surface area (Å²) in [5.74, 6) is 0.552. The van der Waals surface area contributed by atoms with E-state index in [1.807, 2.05) is 31.2 Å². The summed E-state index contributed by atoms with van der Waals surface area (Å²) in [7, 11) is 0. The second-order valence-corrected chi connectivity index (χ2v) is 7.20. The Kier molecular flexibility index (Phi) is 4.06.